The summed E-state index contributed by atoms with van der Waals surface area (Å²) in [5, 5.41) is 13.3. The lowest BCUT2D eigenvalue weighted by atomic mass is 10.1. The third-order valence-corrected chi connectivity index (χ3v) is 8.97. The highest BCUT2D eigenvalue weighted by molar-refractivity contribution is 7.99. The number of aromatic nitrogens is 2. The molecule has 3 aliphatic rings. The van der Waals surface area contributed by atoms with Crippen LogP contribution in [0.5, 0.6) is 0 Å². The number of β-amino-alcohol motifs (C(OH)–C–C–N with tert-alkyl or cyclic N) is 1. The van der Waals surface area contributed by atoms with Gasteiger partial charge in [-0.15, -0.1) is 11.8 Å². The predicted molar refractivity (Wildman–Crippen MR) is 154 cm³/mol. The van der Waals surface area contributed by atoms with Gasteiger partial charge < -0.3 is 19.8 Å². The molecule has 1 unspecified atom stereocenters. The number of nitrogens with zero attached hydrogens (tertiary/aromatic N) is 6. The molecule has 0 saturated carbocycles. The monoisotopic (exact) mass is 518 g/mol. The predicted octanol–water partition coefficient (Wildman–Crippen LogP) is 4.11. The summed E-state index contributed by atoms with van der Waals surface area (Å²) < 4.78 is 0. The molecule has 0 bridgehead atoms. The molecule has 3 aromatic rings. The first-order valence-electron chi connectivity index (χ1n) is 13.9. The summed E-state index contributed by atoms with van der Waals surface area (Å²) in [4.78, 5) is 20.8. The molecule has 0 aliphatic carbocycles. The van der Waals surface area contributed by atoms with Crippen LogP contribution >= 0.6 is 11.8 Å². The number of hydrogen-bond donors (Lipinski definition) is 1. The van der Waals surface area contributed by atoms with Crippen molar-refractivity contribution in [3.8, 4) is 0 Å². The lowest BCUT2D eigenvalue weighted by molar-refractivity contribution is 0.126. The zero-order valence-electron chi connectivity index (χ0n) is 21.6. The van der Waals surface area contributed by atoms with E-state index < -0.39 is 0 Å². The largest absolute Gasteiger partial charge is 0.391 e. The van der Waals surface area contributed by atoms with Crippen LogP contribution in [0, 0.1) is 0 Å². The van der Waals surface area contributed by atoms with Crippen LogP contribution in [-0.4, -0.2) is 90.7 Å². The number of hydrogen-bond acceptors (Lipinski definition) is 8. The lowest BCUT2D eigenvalue weighted by Gasteiger charge is -2.36. The van der Waals surface area contributed by atoms with Crippen molar-refractivity contribution in [1.82, 2.24) is 14.9 Å². The topological polar surface area (TPSA) is 59.0 Å². The van der Waals surface area contributed by atoms with Crippen LogP contribution in [-0.2, 0) is 0 Å². The maximum atomic E-state index is 10.8. The molecule has 0 amide bonds. The summed E-state index contributed by atoms with van der Waals surface area (Å²) in [6.07, 6.45) is 4.61. The Bertz CT molecular complexity index is 1150. The second-order valence-electron chi connectivity index (χ2n) is 10.5. The van der Waals surface area contributed by atoms with E-state index in [-0.39, 0.29) is 6.10 Å². The number of rotatable bonds is 8. The molecule has 37 heavy (non-hydrogen) atoms. The summed E-state index contributed by atoms with van der Waals surface area (Å²) in [5.74, 6) is 3.77. The first-order chi connectivity index (χ1) is 18.2. The quantitative estimate of drug-likeness (QED) is 0.447. The van der Waals surface area contributed by atoms with E-state index in [2.05, 4.69) is 68.1 Å². The van der Waals surface area contributed by atoms with Crippen molar-refractivity contribution in [1.29, 1.82) is 0 Å². The number of fused-ring (bicyclic) bond motifs is 1. The Hall–Kier alpha value is -2.55. The second-order valence-corrected chi connectivity index (χ2v) is 11.6. The fourth-order valence-electron chi connectivity index (χ4n) is 5.70. The number of aliphatic hydroxyl groups is 1. The van der Waals surface area contributed by atoms with Crippen molar-refractivity contribution in [3.05, 3.63) is 48.5 Å². The van der Waals surface area contributed by atoms with Gasteiger partial charge in [0.15, 0.2) is 0 Å². The molecule has 3 fully saturated rings. The van der Waals surface area contributed by atoms with Crippen LogP contribution < -0.4 is 14.7 Å². The normalized spacial score (nSPS) is 19.8. The summed E-state index contributed by atoms with van der Waals surface area (Å²) in [6, 6.07) is 17.2. The van der Waals surface area contributed by atoms with Crippen molar-refractivity contribution >= 4 is 40.1 Å². The number of aliphatic hydroxyl groups excluding tert-OH is 1. The van der Waals surface area contributed by atoms with Crippen LogP contribution in [0.25, 0.3) is 10.8 Å². The molecule has 1 aromatic heterocycles. The molecule has 0 spiro atoms. The molecule has 196 valence electrons. The molecule has 3 saturated heterocycles. The molecule has 3 aliphatic heterocycles. The van der Waals surface area contributed by atoms with Gasteiger partial charge >= 0.3 is 0 Å². The molecule has 4 heterocycles. The Kier molecular flexibility index (Phi) is 7.67. The first-order valence-corrected chi connectivity index (χ1v) is 14.9. The molecule has 1 atom stereocenters. The van der Waals surface area contributed by atoms with Crippen molar-refractivity contribution in [2.45, 2.75) is 36.7 Å². The van der Waals surface area contributed by atoms with Crippen molar-refractivity contribution in [3.63, 3.8) is 0 Å². The molecule has 2 aromatic carbocycles. The second kappa shape index (κ2) is 11.5. The van der Waals surface area contributed by atoms with Gasteiger partial charge in [-0.2, -0.15) is 9.97 Å². The number of anilines is 3. The average molecular weight is 519 g/mol. The van der Waals surface area contributed by atoms with E-state index in [1.165, 1.54) is 41.4 Å². The SMILES string of the molecule is OC(CSc1ccc2ccccc2c1)CN1CCN(c2cc(N3CCCC3)nc(N3CCCC3)n2)CC1. The Morgan fingerprint density at radius 3 is 2.03 bits per heavy atom. The highest BCUT2D eigenvalue weighted by Gasteiger charge is 2.25. The minimum atomic E-state index is -0.342. The van der Waals surface area contributed by atoms with Gasteiger partial charge in [-0.3, -0.25) is 4.90 Å². The minimum Gasteiger partial charge on any atom is -0.391 e. The Balaban J connectivity index is 1.04. The number of benzene rings is 2. The molecule has 1 N–H and O–H groups in total. The van der Waals surface area contributed by atoms with Gasteiger partial charge in [-0.25, -0.2) is 0 Å². The molecule has 8 heteroatoms. The third kappa shape index (κ3) is 5.97. The van der Waals surface area contributed by atoms with E-state index in [0.717, 1.165) is 76.5 Å². The van der Waals surface area contributed by atoms with E-state index in [9.17, 15) is 5.11 Å². The van der Waals surface area contributed by atoms with E-state index >= 15 is 0 Å². The maximum absolute atomic E-state index is 10.8. The van der Waals surface area contributed by atoms with Gasteiger partial charge in [0.05, 0.1) is 6.10 Å². The van der Waals surface area contributed by atoms with E-state index in [1.807, 2.05) is 0 Å². The highest BCUT2D eigenvalue weighted by atomic mass is 32.2. The van der Waals surface area contributed by atoms with Crippen LogP contribution in [0.1, 0.15) is 25.7 Å². The summed E-state index contributed by atoms with van der Waals surface area (Å²) >= 11 is 1.74. The molecule has 0 radical (unpaired) electrons. The fraction of sp³-hybridized carbons (Fsp3) is 0.517. The van der Waals surface area contributed by atoms with Crippen molar-refractivity contribution in [2.24, 2.45) is 0 Å². The zero-order chi connectivity index (χ0) is 25.0. The standard InChI is InChI=1S/C29H38N6OS/c36-25(22-37-26-10-9-23-7-1-2-8-24(23)19-26)21-32-15-17-34(18-16-32)28-20-27(33-11-3-4-12-33)30-29(31-28)35-13-5-6-14-35/h1-2,7-10,19-20,25,36H,3-6,11-18,21-22H2. The Morgan fingerprint density at radius 2 is 1.32 bits per heavy atom. The number of thioether (sulfide) groups is 1. The van der Waals surface area contributed by atoms with E-state index in [1.54, 1.807) is 11.8 Å². The van der Waals surface area contributed by atoms with Gasteiger partial charge in [0, 0.05) is 75.6 Å². The summed E-state index contributed by atoms with van der Waals surface area (Å²) in [5.41, 5.74) is 0. The van der Waals surface area contributed by atoms with Crippen molar-refractivity contribution < 1.29 is 5.11 Å². The van der Waals surface area contributed by atoms with Gasteiger partial charge in [0.25, 0.3) is 0 Å². The minimum absolute atomic E-state index is 0.342. The van der Waals surface area contributed by atoms with Gasteiger partial charge in [-0.05, 0) is 48.6 Å². The smallest absolute Gasteiger partial charge is 0.229 e. The zero-order valence-corrected chi connectivity index (χ0v) is 22.5. The van der Waals surface area contributed by atoms with Crippen LogP contribution in [0.15, 0.2) is 53.4 Å². The number of piperazine rings is 1. The molecule has 6 rings (SSSR count). The third-order valence-electron chi connectivity index (χ3n) is 7.83. The molecule has 7 nitrogen and oxygen atoms in total. The molecular formula is C29H38N6OS. The Morgan fingerprint density at radius 1 is 0.703 bits per heavy atom. The summed E-state index contributed by atoms with van der Waals surface area (Å²) in [7, 11) is 0. The Labute approximate surface area is 224 Å². The average Bonchev–Trinajstić information content (AvgIpc) is 3.67. The van der Waals surface area contributed by atoms with E-state index in [4.69, 9.17) is 9.97 Å². The maximum Gasteiger partial charge on any atom is 0.229 e. The lowest BCUT2D eigenvalue weighted by Crippen LogP contribution is -2.49. The highest BCUT2D eigenvalue weighted by Crippen LogP contribution is 2.28. The van der Waals surface area contributed by atoms with Gasteiger partial charge in [0.2, 0.25) is 5.95 Å². The van der Waals surface area contributed by atoms with Crippen LogP contribution in [0.2, 0.25) is 0 Å². The van der Waals surface area contributed by atoms with Crippen LogP contribution in [0.4, 0.5) is 17.6 Å². The van der Waals surface area contributed by atoms with Crippen LogP contribution in [0.3, 0.4) is 0 Å². The van der Waals surface area contributed by atoms with Crippen molar-refractivity contribution in [2.75, 3.05) is 79.4 Å². The first kappa shape index (κ1) is 24.8. The molecular weight excluding hydrogens is 480 g/mol. The van der Waals surface area contributed by atoms with Gasteiger partial charge in [0.1, 0.15) is 11.6 Å². The fourth-order valence-corrected chi connectivity index (χ4v) is 6.56. The van der Waals surface area contributed by atoms with Gasteiger partial charge in [-0.1, -0.05) is 30.3 Å². The summed E-state index contributed by atoms with van der Waals surface area (Å²) in [6.45, 7) is 8.78. The van der Waals surface area contributed by atoms with E-state index in [0.29, 0.717) is 5.75 Å².